The molecule has 5 unspecified atom stereocenters. The summed E-state index contributed by atoms with van der Waals surface area (Å²) in [6.45, 7) is 6.45. The number of nitrogens with zero attached hydrogens (tertiary/aromatic N) is 3. The molecule has 5 aliphatic rings. The second kappa shape index (κ2) is 8.11. The van der Waals surface area contributed by atoms with Gasteiger partial charge in [0.25, 0.3) is 5.91 Å². The lowest BCUT2D eigenvalue weighted by atomic mass is 9.48. The molecular formula is C26H38N4O4. The Bertz CT molecular complexity index is 960. The van der Waals surface area contributed by atoms with Gasteiger partial charge in [-0.1, -0.05) is 0 Å². The van der Waals surface area contributed by atoms with Crippen molar-refractivity contribution in [3.05, 3.63) is 23.9 Å². The van der Waals surface area contributed by atoms with Crippen LogP contribution in [0.2, 0.25) is 0 Å². The molecule has 4 bridgehead atoms. The number of rotatable bonds is 4. The second-order valence-electron chi connectivity index (χ2n) is 12.2. The van der Waals surface area contributed by atoms with Crippen molar-refractivity contribution < 1.29 is 19.8 Å². The van der Waals surface area contributed by atoms with E-state index in [1.807, 2.05) is 20.8 Å². The first-order valence-electron chi connectivity index (χ1n) is 12.7. The molecule has 34 heavy (non-hydrogen) atoms. The maximum atomic E-state index is 13.3. The fourth-order valence-corrected chi connectivity index (χ4v) is 7.60. The van der Waals surface area contributed by atoms with Crippen LogP contribution in [0, 0.1) is 23.7 Å². The molecule has 1 aliphatic heterocycles. The van der Waals surface area contributed by atoms with Crippen molar-refractivity contribution in [3.8, 4) is 0 Å². The van der Waals surface area contributed by atoms with E-state index in [2.05, 4.69) is 10.3 Å². The molecule has 4 saturated carbocycles. The van der Waals surface area contributed by atoms with E-state index in [9.17, 15) is 19.8 Å². The minimum Gasteiger partial charge on any atom is -0.465 e. The molecule has 3 N–H and O–H groups in total. The van der Waals surface area contributed by atoms with Gasteiger partial charge in [-0.25, -0.2) is 9.78 Å². The van der Waals surface area contributed by atoms with Gasteiger partial charge in [-0.2, -0.15) is 0 Å². The highest BCUT2D eigenvalue weighted by Gasteiger charge is 2.59. The van der Waals surface area contributed by atoms with E-state index in [4.69, 9.17) is 0 Å². The number of hydrogen-bond donors (Lipinski definition) is 3. The van der Waals surface area contributed by atoms with Crippen LogP contribution in [-0.2, 0) is 0 Å². The average Bonchev–Trinajstić information content (AvgIpc) is 3.14. The summed E-state index contributed by atoms with van der Waals surface area (Å²) < 4.78 is 0. The Morgan fingerprint density at radius 2 is 1.88 bits per heavy atom. The normalized spacial score (nSPS) is 36.6. The molecule has 1 saturated heterocycles. The Hall–Kier alpha value is -2.35. The van der Waals surface area contributed by atoms with Crippen LogP contribution >= 0.6 is 0 Å². The number of nitrogens with one attached hydrogen (secondary N) is 1. The molecule has 0 aromatic carbocycles. The standard InChI is InChI=1S/C26H38N4O4/c1-25(2,3)29(4)23(31)18-6-5-8-27-22(18)28-19-7-9-30(24(32)33)21(19)20-16-10-15-11-17(20)14-26(34,12-15)13-16/h5-6,8,15-17,19-21,34H,7,9-14H2,1-4H3,(H,27,28)(H,32,33)/t15?,16-,17+,19?,20?,21?,26?. The van der Waals surface area contributed by atoms with Gasteiger partial charge >= 0.3 is 6.09 Å². The number of carbonyl (C=O) groups excluding carboxylic acids is 1. The second-order valence-corrected chi connectivity index (χ2v) is 12.2. The summed E-state index contributed by atoms with van der Waals surface area (Å²) >= 11 is 0. The topological polar surface area (TPSA) is 106 Å². The summed E-state index contributed by atoms with van der Waals surface area (Å²) in [5.41, 5.74) is -0.381. The van der Waals surface area contributed by atoms with Gasteiger partial charge in [0, 0.05) is 25.3 Å². The number of aliphatic hydroxyl groups is 1. The molecule has 2 amide bonds. The van der Waals surface area contributed by atoms with Crippen LogP contribution in [0.15, 0.2) is 18.3 Å². The van der Waals surface area contributed by atoms with Gasteiger partial charge in [0.1, 0.15) is 5.82 Å². The first-order valence-corrected chi connectivity index (χ1v) is 12.7. The molecule has 4 aliphatic carbocycles. The molecule has 0 spiro atoms. The molecule has 5 fully saturated rings. The van der Waals surface area contributed by atoms with E-state index >= 15 is 0 Å². The van der Waals surface area contributed by atoms with Gasteiger partial charge in [-0.3, -0.25) is 4.79 Å². The first-order chi connectivity index (χ1) is 16.0. The number of carboxylic acid groups (broad SMARTS) is 1. The number of anilines is 1. The molecule has 186 valence electrons. The Kier molecular flexibility index (Phi) is 5.58. The van der Waals surface area contributed by atoms with Crippen LogP contribution in [0.1, 0.15) is 69.7 Å². The van der Waals surface area contributed by atoms with Crippen LogP contribution in [0.5, 0.6) is 0 Å². The number of likely N-dealkylation sites (tertiary alicyclic amines) is 1. The average molecular weight is 471 g/mol. The molecule has 0 radical (unpaired) electrons. The molecular weight excluding hydrogens is 432 g/mol. The lowest BCUT2D eigenvalue weighted by molar-refractivity contribution is -0.162. The third-order valence-corrected chi connectivity index (χ3v) is 9.08. The van der Waals surface area contributed by atoms with Crippen molar-refractivity contribution in [2.75, 3.05) is 18.9 Å². The van der Waals surface area contributed by atoms with Crippen molar-refractivity contribution >= 4 is 17.8 Å². The fraction of sp³-hybridized carbons (Fsp3) is 0.731. The predicted octanol–water partition coefficient (Wildman–Crippen LogP) is 3.67. The van der Waals surface area contributed by atoms with Crippen LogP contribution in [0.4, 0.5) is 10.6 Å². The van der Waals surface area contributed by atoms with E-state index in [-0.39, 0.29) is 29.4 Å². The SMILES string of the molecule is CN(C(=O)c1cccnc1NC1CCN(C(=O)O)C1C1[C@@H]2CC3C[C@H]1CC(O)(C3)C2)C(C)(C)C. The Balaban J connectivity index is 1.44. The first kappa shape index (κ1) is 23.4. The Morgan fingerprint density at radius 3 is 2.47 bits per heavy atom. The maximum absolute atomic E-state index is 13.3. The van der Waals surface area contributed by atoms with Crippen LogP contribution in [0.25, 0.3) is 0 Å². The van der Waals surface area contributed by atoms with Gasteiger partial charge in [-0.05, 0) is 95.1 Å². The van der Waals surface area contributed by atoms with E-state index in [0.29, 0.717) is 42.1 Å². The van der Waals surface area contributed by atoms with Gasteiger partial charge < -0.3 is 25.3 Å². The van der Waals surface area contributed by atoms with Crippen molar-refractivity contribution in [3.63, 3.8) is 0 Å². The molecule has 7 atom stereocenters. The largest absolute Gasteiger partial charge is 0.465 e. The van der Waals surface area contributed by atoms with Crippen molar-refractivity contribution in [1.29, 1.82) is 0 Å². The van der Waals surface area contributed by atoms with Crippen LogP contribution in [-0.4, -0.2) is 73.8 Å². The predicted molar refractivity (Wildman–Crippen MR) is 129 cm³/mol. The molecule has 8 heteroatoms. The minimum absolute atomic E-state index is 0.107. The number of aromatic nitrogens is 1. The zero-order valence-corrected chi connectivity index (χ0v) is 20.7. The molecule has 1 aromatic heterocycles. The monoisotopic (exact) mass is 470 g/mol. The van der Waals surface area contributed by atoms with Crippen LogP contribution < -0.4 is 5.32 Å². The highest BCUT2D eigenvalue weighted by molar-refractivity contribution is 5.99. The van der Waals surface area contributed by atoms with Crippen molar-refractivity contribution in [2.45, 2.75) is 82.5 Å². The lowest BCUT2D eigenvalue weighted by Crippen LogP contribution is -2.61. The van der Waals surface area contributed by atoms with E-state index in [0.717, 1.165) is 32.1 Å². The van der Waals surface area contributed by atoms with Gasteiger partial charge in [-0.15, -0.1) is 0 Å². The molecule has 8 nitrogen and oxygen atoms in total. The number of amides is 2. The summed E-state index contributed by atoms with van der Waals surface area (Å²) in [5.74, 6) is 1.91. The summed E-state index contributed by atoms with van der Waals surface area (Å²) in [4.78, 5) is 33.4. The van der Waals surface area contributed by atoms with E-state index in [1.54, 1.807) is 35.2 Å². The van der Waals surface area contributed by atoms with Gasteiger partial charge in [0.2, 0.25) is 0 Å². The van der Waals surface area contributed by atoms with E-state index in [1.165, 1.54) is 0 Å². The molecule has 6 rings (SSSR count). The number of hydrogen-bond acceptors (Lipinski definition) is 5. The third kappa shape index (κ3) is 3.93. The molecule has 2 heterocycles. The maximum Gasteiger partial charge on any atom is 0.407 e. The highest BCUT2D eigenvalue weighted by Crippen LogP contribution is 2.60. The summed E-state index contributed by atoms with van der Waals surface area (Å²) in [6.07, 6.45) is 6.12. The lowest BCUT2D eigenvalue weighted by Gasteiger charge is -2.60. The van der Waals surface area contributed by atoms with Gasteiger partial charge in [0.05, 0.1) is 23.2 Å². The summed E-state index contributed by atoms with van der Waals surface area (Å²) in [6, 6.07) is 3.26. The zero-order valence-electron chi connectivity index (χ0n) is 20.7. The van der Waals surface area contributed by atoms with Crippen molar-refractivity contribution in [2.24, 2.45) is 23.7 Å². The number of carbonyl (C=O) groups is 2. The van der Waals surface area contributed by atoms with Crippen LogP contribution in [0.3, 0.4) is 0 Å². The molecule has 1 aromatic rings. The Morgan fingerprint density at radius 1 is 1.21 bits per heavy atom. The third-order valence-electron chi connectivity index (χ3n) is 9.08. The smallest absolute Gasteiger partial charge is 0.407 e. The number of pyridine rings is 1. The van der Waals surface area contributed by atoms with Crippen molar-refractivity contribution in [1.82, 2.24) is 14.8 Å². The Labute approximate surface area is 201 Å². The summed E-state index contributed by atoms with van der Waals surface area (Å²) in [7, 11) is 1.79. The highest BCUT2D eigenvalue weighted by atomic mass is 16.4. The fourth-order valence-electron chi connectivity index (χ4n) is 7.60. The summed E-state index contributed by atoms with van der Waals surface area (Å²) in [5, 5.41) is 24.6. The van der Waals surface area contributed by atoms with Gasteiger partial charge in [0.15, 0.2) is 0 Å². The zero-order chi connectivity index (χ0) is 24.4. The quantitative estimate of drug-likeness (QED) is 0.620. The minimum atomic E-state index is -0.883. The van der Waals surface area contributed by atoms with E-state index < -0.39 is 11.7 Å².